The van der Waals surface area contributed by atoms with E-state index in [1.807, 2.05) is 36.4 Å². The van der Waals surface area contributed by atoms with Gasteiger partial charge in [-0.25, -0.2) is 8.42 Å². The van der Waals surface area contributed by atoms with Crippen LogP contribution >= 0.6 is 0 Å². The molecule has 0 spiro atoms. The van der Waals surface area contributed by atoms with E-state index in [-0.39, 0.29) is 5.88 Å². The Morgan fingerprint density at radius 3 is 2.43 bits per heavy atom. The van der Waals surface area contributed by atoms with Crippen LogP contribution in [-0.2, 0) is 14.8 Å². The van der Waals surface area contributed by atoms with Gasteiger partial charge in [-0.1, -0.05) is 36.4 Å². The van der Waals surface area contributed by atoms with Crippen molar-refractivity contribution in [2.24, 2.45) is 0 Å². The largest absolute Gasteiger partial charge is 0.471 e. The summed E-state index contributed by atoms with van der Waals surface area (Å²) in [6, 6.07) is 13.3. The molecule has 0 amide bonds. The second-order valence-corrected chi connectivity index (χ2v) is 7.76. The smallest absolute Gasteiger partial charge is 0.246 e. The summed E-state index contributed by atoms with van der Waals surface area (Å²) in [6.07, 6.45) is 1.59. The maximum atomic E-state index is 12.5. The van der Waals surface area contributed by atoms with Crippen LogP contribution in [0.25, 0.3) is 11.3 Å². The molecule has 1 unspecified atom stereocenters. The quantitative estimate of drug-likeness (QED) is 0.919. The van der Waals surface area contributed by atoms with Crippen LogP contribution in [0.3, 0.4) is 0 Å². The maximum absolute atomic E-state index is 12.5. The zero-order valence-corrected chi connectivity index (χ0v) is 13.8. The van der Waals surface area contributed by atoms with Gasteiger partial charge in [-0.3, -0.25) is 9.71 Å². The molecule has 120 valence electrons. The Morgan fingerprint density at radius 2 is 1.87 bits per heavy atom. The highest BCUT2D eigenvalue weighted by Gasteiger charge is 2.47. The highest BCUT2D eigenvalue weighted by Crippen LogP contribution is 2.40. The molecule has 2 aromatic rings. The number of pyridine rings is 1. The van der Waals surface area contributed by atoms with Gasteiger partial charge in [0, 0.05) is 11.8 Å². The lowest BCUT2D eigenvalue weighted by molar-refractivity contribution is 0.0156. The Labute approximate surface area is 136 Å². The Bertz CT molecular complexity index is 828. The molecular weight excluding hydrogens is 312 g/mol. The molecule has 1 aliphatic heterocycles. The molecule has 0 aliphatic carbocycles. The third-order valence-electron chi connectivity index (χ3n) is 3.74. The van der Waals surface area contributed by atoms with Crippen molar-refractivity contribution in [1.29, 1.82) is 0 Å². The van der Waals surface area contributed by atoms with Gasteiger partial charge < -0.3 is 4.74 Å². The van der Waals surface area contributed by atoms with Crippen LogP contribution in [0, 0.1) is 0 Å². The third-order valence-corrected chi connectivity index (χ3v) is 5.72. The standard InChI is InChI=1S/C17H18N2O3S/c1-12-19-23(20,21)16(17(2,3)22-12)14-9-10-15(18-11-14)13-7-5-4-6-8-13/h4-11,16,19H,1H2,2-3H3. The van der Waals surface area contributed by atoms with Gasteiger partial charge in [0.05, 0.1) is 5.69 Å². The Hall–Kier alpha value is -2.34. The molecule has 1 aromatic carbocycles. The number of hydrogen-bond acceptors (Lipinski definition) is 4. The maximum Gasteiger partial charge on any atom is 0.246 e. The van der Waals surface area contributed by atoms with E-state index in [4.69, 9.17) is 4.74 Å². The lowest BCUT2D eigenvalue weighted by Crippen LogP contribution is -2.48. The third kappa shape index (κ3) is 2.94. The SMILES string of the molecule is C=C1NS(=O)(=O)C(c2ccc(-c3ccccc3)nc2)C(C)(C)O1. The summed E-state index contributed by atoms with van der Waals surface area (Å²) in [5.41, 5.74) is 1.41. The molecule has 1 fully saturated rings. The predicted molar refractivity (Wildman–Crippen MR) is 88.8 cm³/mol. The number of ether oxygens (including phenoxy) is 1. The van der Waals surface area contributed by atoms with Crippen molar-refractivity contribution in [3.63, 3.8) is 0 Å². The fourth-order valence-electron chi connectivity index (χ4n) is 2.90. The van der Waals surface area contributed by atoms with E-state index in [0.29, 0.717) is 5.56 Å². The first-order valence-electron chi connectivity index (χ1n) is 7.20. The molecule has 6 heteroatoms. The van der Waals surface area contributed by atoms with Crippen molar-refractivity contribution >= 4 is 10.0 Å². The minimum atomic E-state index is -3.63. The first-order chi connectivity index (χ1) is 10.8. The van der Waals surface area contributed by atoms with Gasteiger partial charge >= 0.3 is 0 Å². The lowest BCUT2D eigenvalue weighted by atomic mass is 9.98. The second kappa shape index (κ2) is 5.38. The second-order valence-electron chi connectivity index (χ2n) is 6.00. The predicted octanol–water partition coefficient (Wildman–Crippen LogP) is 2.99. The Morgan fingerprint density at radius 1 is 1.17 bits per heavy atom. The van der Waals surface area contributed by atoms with Gasteiger partial charge in [-0.15, -0.1) is 0 Å². The zero-order valence-electron chi connectivity index (χ0n) is 13.0. The minimum Gasteiger partial charge on any atom is -0.471 e. The summed E-state index contributed by atoms with van der Waals surface area (Å²) in [5, 5.41) is -0.863. The Kier molecular flexibility index (Phi) is 3.64. The highest BCUT2D eigenvalue weighted by atomic mass is 32.2. The van der Waals surface area contributed by atoms with E-state index in [0.717, 1.165) is 11.3 Å². The first kappa shape index (κ1) is 15.6. The molecule has 23 heavy (non-hydrogen) atoms. The van der Waals surface area contributed by atoms with Gasteiger partial charge in [-0.2, -0.15) is 0 Å². The van der Waals surface area contributed by atoms with Crippen molar-refractivity contribution in [3.05, 3.63) is 66.7 Å². The number of rotatable bonds is 2. The summed E-state index contributed by atoms with van der Waals surface area (Å²) in [4.78, 5) is 4.40. The van der Waals surface area contributed by atoms with Gasteiger partial charge in [0.2, 0.25) is 10.0 Å². The van der Waals surface area contributed by atoms with E-state index in [1.54, 1.807) is 26.1 Å². The van der Waals surface area contributed by atoms with E-state index < -0.39 is 20.9 Å². The topological polar surface area (TPSA) is 68.3 Å². The van der Waals surface area contributed by atoms with E-state index >= 15 is 0 Å². The number of aromatic nitrogens is 1. The normalized spacial score (nSPS) is 22.0. The van der Waals surface area contributed by atoms with Crippen molar-refractivity contribution in [3.8, 4) is 11.3 Å². The molecule has 1 aromatic heterocycles. The molecule has 1 aliphatic rings. The minimum absolute atomic E-state index is 0.0418. The van der Waals surface area contributed by atoms with Crippen LogP contribution in [0.5, 0.6) is 0 Å². The van der Waals surface area contributed by atoms with Crippen LogP contribution < -0.4 is 4.72 Å². The first-order valence-corrected chi connectivity index (χ1v) is 8.75. The lowest BCUT2D eigenvalue weighted by Gasteiger charge is -2.39. The van der Waals surface area contributed by atoms with Crippen LogP contribution in [0.1, 0.15) is 24.7 Å². The molecule has 1 saturated heterocycles. The molecule has 2 heterocycles. The van der Waals surface area contributed by atoms with Crippen molar-refractivity contribution in [1.82, 2.24) is 9.71 Å². The number of benzene rings is 1. The van der Waals surface area contributed by atoms with Crippen molar-refractivity contribution in [2.75, 3.05) is 0 Å². The monoisotopic (exact) mass is 330 g/mol. The van der Waals surface area contributed by atoms with Crippen molar-refractivity contribution < 1.29 is 13.2 Å². The Balaban J connectivity index is 2.00. The molecule has 1 N–H and O–H groups in total. The number of nitrogens with zero attached hydrogens (tertiary/aromatic N) is 1. The summed E-state index contributed by atoms with van der Waals surface area (Å²) >= 11 is 0. The molecule has 0 saturated carbocycles. The van der Waals surface area contributed by atoms with Gasteiger partial charge in [0.1, 0.15) is 10.9 Å². The van der Waals surface area contributed by atoms with E-state index in [9.17, 15) is 8.42 Å². The van der Waals surface area contributed by atoms with Crippen LogP contribution in [0.15, 0.2) is 61.1 Å². The summed E-state index contributed by atoms with van der Waals surface area (Å²) in [5.74, 6) is 0.0418. The molecular formula is C17H18N2O3S. The summed E-state index contributed by atoms with van der Waals surface area (Å²) < 4.78 is 32.9. The molecule has 1 atom stereocenters. The highest BCUT2D eigenvalue weighted by molar-refractivity contribution is 7.90. The number of sulfonamides is 1. The summed E-state index contributed by atoms with van der Waals surface area (Å²) in [7, 11) is -3.63. The molecule has 3 rings (SSSR count). The average Bonchev–Trinajstić information content (AvgIpc) is 2.46. The van der Waals surface area contributed by atoms with Crippen LogP contribution in [0.2, 0.25) is 0 Å². The van der Waals surface area contributed by atoms with Gasteiger partial charge in [-0.05, 0) is 32.1 Å². The van der Waals surface area contributed by atoms with Gasteiger partial charge in [0.25, 0.3) is 0 Å². The molecule has 5 nitrogen and oxygen atoms in total. The summed E-state index contributed by atoms with van der Waals surface area (Å²) in [6.45, 7) is 7.02. The van der Waals surface area contributed by atoms with Crippen LogP contribution in [-0.4, -0.2) is 19.0 Å². The van der Waals surface area contributed by atoms with Crippen LogP contribution in [0.4, 0.5) is 0 Å². The van der Waals surface area contributed by atoms with E-state index in [2.05, 4.69) is 16.3 Å². The van der Waals surface area contributed by atoms with Crippen molar-refractivity contribution in [2.45, 2.75) is 24.7 Å². The van der Waals surface area contributed by atoms with E-state index in [1.165, 1.54) is 0 Å². The molecule has 0 radical (unpaired) electrons. The zero-order chi connectivity index (χ0) is 16.7. The van der Waals surface area contributed by atoms with Gasteiger partial charge in [0.15, 0.2) is 5.88 Å². The number of hydrogen-bond donors (Lipinski definition) is 1. The fourth-order valence-corrected chi connectivity index (χ4v) is 4.67. The average molecular weight is 330 g/mol. The number of nitrogens with one attached hydrogen (secondary N) is 1. The molecule has 0 bridgehead atoms. The fraction of sp³-hybridized carbons (Fsp3) is 0.235.